The van der Waals surface area contributed by atoms with Crippen molar-refractivity contribution in [3.8, 4) is 0 Å². The molecule has 0 spiro atoms. The summed E-state index contributed by atoms with van der Waals surface area (Å²) >= 11 is 6.01. The Morgan fingerprint density at radius 1 is 1.00 bits per heavy atom. The van der Waals surface area contributed by atoms with E-state index in [2.05, 4.69) is 4.98 Å². The Balaban J connectivity index is 1.51. The monoisotopic (exact) mass is 401 g/mol. The Labute approximate surface area is 165 Å². The quantitative estimate of drug-likeness (QED) is 0.699. The van der Waals surface area contributed by atoms with E-state index in [0.717, 1.165) is 15.5 Å². The second-order valence-corrected chi connectivity index (χ2v) is 7.37. The smallest absolute Gasteiger partial charge is 0.332 e. The van der Waals surface area contributed by atoms with Gasteiger partial charge in [0.1, 0.15) is 11.5 Å². The van der Waals surface area contributed by atoms with Crippen molar-refractivity contribution in [3.63, 3.8) is 0 Å². The molecule has 1 N–H and O–H groups in total. The van der Waals surface area contributed by atoms with Crippen LogP contribution in [-0.4, -0.2) is 51.1 Å². The molecule has 9 heteroatoms. The van der Waals surface area contributed by atoms with Crippen LogP contribution >= 0.6 is 11.6 Å². The zero-order chi connectivity index (χ0) is 20.0. The predicted molar refractivity (Wildman–Crippen MR) is 108 cm³/mol. The van der Waals surface area contributed by atoms with Gasteiger partial charge in [0.2, 0.25) is 0 Å². The molecule has 1 fully saturated rings. The number of H-pyrrole nitrogens is 1. The number of hydrogen-bond donors (Lipinski definition) is 1. The number of fused-ring (bicyclic) bond motifs is 1. The van der Waals surface area contributed by atoms with Gasteiger partial charge >= 0.3 is 5.69 Å². The van der Waals surface area contributed by atoms with Crippen LogP contribution in [0, 0.1) is 0 Å². The molecule has 1 amide bonds. The van der Waals surface area contributed by atoms with Crippen molar-refractivity contribution >= 4 is 34.2 Å². The van der Waals surface area contributed by atoms with E-state index in [1.165, 1.54) is 17.7 Å². The number of piperazine rings is 1. The molecule has 3 aromatic rings. The van der Waals surface area contributed by atoms with Crippen LogP contribution in [0.25, 0.3) is 10.9 Å². The molecule has 1 aromatic carbocycles. The van der Waals surface area contributed by atoms with Crippen LogP contribution in [0.15, 0.2) is 39.9 Å². The number of aromatic nitrogens is 3. The molecule has 146 valence electrons. The fourth-order valence-electron chi connectivity index (χ4n) is 3.55. The summed E-state index contributed by atoms with van der Waals surface area (Å²) in [6.45, 7) is 2.08. The molecule has 2 aromatic heterocycles. The van der Waals surface area contributed by atoms with E-state index in [4.69, 9.17) is 11.6 Å². The van der Waals surface area contributed by atoms with E-state index in [-0.39, 0.29) is 17.2 Å². The summed E-state index contributed by atoms with van der Waals surface area (Å²) in [6.07, 6.45) is 0. The maximum Gasteiger partial charge on any atom is 0.332 e. The Hall–Kier alpha value is -3.00. The molecule has 0 radical (unpaired) electrons. The van der Waals surface area contributed by atoms with Crippen molar-refractivity contribution in [1.82, 2.24) is 19.0 Å². The van der Waals surface area contributed by atoms with Gasteiger partial charge in [0, 0.05) is 62.3 Å². The molecule has 0 aliphatic carbocycles. The molecule has 8 nitrogen and oxygen atoms in total. The van der Waals surface area contributed by atoms with Crippen molar-refractivity contribution in [1.29, 1.82) is 0 Å². The Morgan fingerprint density at radius 3 is 2.43 bits per heavy atom. The SMILES string of the molecule is Cn1c(N2CCN(C(=O)c3cc4cc(Cl)ccc4[nH]3)CC2)cc(=O)n(C)c1=O. The Morgan fingerprint density at radius 2 is 1.71 bits per heavy atom. The van der Waals surface area contributed by atoms with Gasteiger partial charge in [0.15, 0.2) is 0 Å². The highest BCUT2D eigenvalue weighted by Gasteiger charge is 2.25. The van der Waals surface area contributed by atoms with Crippen LogP contribution in [0.2, 0.25) is 5.02 Å². The van der Waals surface area contributed by atoms with Crippen LogP contribution in [0.4, 0.5) is 5.82 Å². The third-order valence-electron chi connectivity index (χ3n) is 5.20. The molecule has 28 heavy (non-hydrogen) atoms. The lowest BCUT2D eigenvalue weighted by Gasteiger charge is -2.36. The maximum atomic E-state index is 12.9. The van der Waals surface area contributed by atoms with E-state index in [9.17, 15) is 14.4 Å². The summed E-state index contributed by atoms with van der Waals surface area (Å²) in [4.78, 5) is 43.8. The first-order chi connectivity index (χ1) is 13.3. The highest BCUT2D eigenvalue weighted by molar-refractivity contribution is 6.31. The van der Waals surface area contributed by atoms with Crippen LogP contribution in [0.3, 0.4) is 0 Å². The minimum atomic E-state index is -0.363. The standard InChI is InChI=1S/C19H20ClN5O3/c1-22-16(11-17(26)23(2)19(22)28)24-5-7-25(8-6-24)18(27)15-10-12-9-13(20)3-4-14(12)21-15/h3-4,9-11,21H,5-8H2,1-2H3. The average Bonchev–Trinajstić information content (AvgIpc) is 3.12. The third kappa shape index (κ3) is 3.09. The topological polar surface area (TPSA) is 83.3 Å². The maximum absolute atomic E-state index is 12.9. The number of nitrogens with one attached hydrogen (secondary N) is 1. The normalized spacial score (nSPS) is 14.7. The zero-order valence-corrected chi connectivity index (χ0v) is 16.4. The number of benzene rings is 1. The van der Waals surface area contributed by atoms with Gasteiger partial charge in [-0.15, -0.1) is 0 Å². The fraction of sp³-hybridized carbons (Fsp3) is 0.316. The van der Waals surface area contributed by atoms with Gasteiger partial charge in [-0.1, -0.05) is 11.6 Å². The van der Waals surface area contributed by atoms with Crippen LogP contribution in [0.1, 0.15) is 10.5 Å². The number of carbonyl (C=O) groups is 1. The summed E-state index contributed by atoms with van der Waals surface area (Å²) in [7, 11) is 3.10. The van der Waals surface area contributed by atoms with Crippen LogP contribution < -0.4 is 16.1 Å². The Bertz CT molecular complexity index is 1180. The molecular formula is C19H20ClN5O3. The molecule has 0 unspecified atom stereocenters. The molecule has 0 saturated carbocycles. The predicted octanol–water partition coefficient (Wildman–Crippen LogP) is 1.18. The molecule has 4 rings (SSSR count). The van der Waals surface area contributed by atoms with E-state index < -0.39 is 0 Å². The number of aromatic amines is 1. The van der Waals surface area contributed by atoms with Crippen molar-refractivity contribution in [3.05, 3.63) is 61.9 Å². The number of rotatable bonds is 2. The van der Waals surface area contributed by atoms with Gasteiger partial charge in [-0.25, -0.2) is 4.79 Å². The third-order valence-corrected chi connectivity index (χ3v) is 5.44. The molecule has 3 heterocycles. The second-order valence-electron chi connectivity index (χ2n) is 6.94. The summed E-state index contributed by atoms with van der Waals surface area (Å²) in [5.41, 5.74) is 0.680. The van der Waals surface area contributed by atoms with Gasteiger partial charge in [-0.3, -0.25) is 18.7 Å². The highest BCUT2D eigenvalue weighted by atomic mass is 35.5. The summed E-state index contributed by atoms with van der Waals surface area (Å²) in [5.74, 6) is 0.491. The van der Waals surface area contributed by atoms with E-state index in [1.807, 2.05) is 17.0 Å². The second kappa shape index (κ2) is 6.87. The van der Waals surface area contributed by atoms with E-state index in [0.29, 0.717) is 42.7 Å². The largest absolute Gasteiger partial charge is 0.354 e. The number of nitrogens with zero attached hydrogens (tertiary/aromatic N) is 4. The lowest BCUT2D eigenvalue weighted by molar-refractivity contribution is 0.0741. The number of hydrogen-bond acceptors (Lipinski definition) is 4. The van der Waals surface area contributed by atoms with Crippen molar-refractivity contribution in [2.75, 3.05) is 31.1 Å². The summed E-state index contributed by atoms with van der Waals surface area (Å²) in [6, 6.07) is 8.71. The number of anilines is 1. The minimum Gasteiger partial charge on any atom is -0.354 e. The first-order valence-corrected chi connectivity index (χ1v) is 9.32. The summed E-state index contributed by atoms with van der Waals surface area (Å²) < 4.78 is 2.53. The van der Waals surface area contributed by atoms with E-state index >= 15 is 0 Å². The van der Waals surface area contributed by atoms with Crippen molar-refractivity contribution < 1.29 is 4.79 Å². The zero-order valence-electron chi connectivity index (χ0n) is 15.6. The molecular weight excluding hydrogens is 382 g/mol. The van der Waals surface area contributed by atoms with Crippen molar-refractivity contribution in [2.45, 2.75) is 0 Å². The first-order valence-electron chi connectivity index (χ1n) is 8.95. The van der Waals surface area contributed by atoms with Crippen LogP contribution in [-0.2, 0) is 14.1 Å². The summed E-state index contributed by atoms with van der Waals surface area (Å²) in [5, 5.41) is 1.52. The average molecular weight is 402 g/mol. The fourth-order valence-corrected chi connectivity index (χ4v) is 3.73. The van der Waals surface area contributed by atoms with Crippen LogP contribution in [0.5, 0.6) is 0 Å². The number of halogens is 1. The molecule has 1 saturated heterocycles. The highest BCUT2D eigenvalue weighted by Crippen LogP contribution is 2.21. The number of carbonyl (C=O) groups excluding carboxylic acids is 1. The molecule has 0 bridgehead atoms. The van der Waals surface area contributed by atoms with E-state index in [1.54, 1.807) is 24.1 Å². The van der Waals surface area contributed by atoms with Gasteiger partial charge in [-0.05, 0) is 24.3 Å². The molecule has 0 atom stereocenters. The Kier molecular flexibility index (Phi) is 4.50. The van der Waals surface area contributed by atoms with Gasteiger partial charge in [-0.2, -0.15) is 0 Å². The lowest BCUT2D eigenvalue weighted by atomic mass is 10.2. The number of amides is 1. The molecule has 1 aliphatic rings. The van der Waals surface area contributed by atoms with Gasteiger partial charge in [0.25, 0.3) is 11.5 Å². The van der Waals surface area contributed by atoms with Gasteiger partial charge in [0.05, 0.1) is 0 Å². The van der Waals surface area contributed by atoms with Crippen molar-refractivity contribution in [2.24, 2.45) is 14.1 Å². The van der Waals surface area contributed by atoms with Gasteiger partial charge < -0.3 is 14.8 Å². The minimum absolute atomic E-state index is 0.0789. The molecule has 1 aliphatic heterocycles. The lowest BCUT2D eigenvalue weighted by Crippen LogP contribution is -2.51. The first kappa shape index (κ1) is 18.4.